The van der Waals surface area contributed by atoms with Crippen molar-refractivity contribution in [3.63, 3.8) is 0 Å². The molecule has 1 unspecified atom stereocenters. The van der Waals surface area contributed by atoms with Crippen LogP contribution in [0.3, 0.4) is 0 Å². The van der Waals surface area contributed by atoms with Crippen LogP contribution in [-0.4, -0.2) is 14.7 Å². The van der Waals surface area contributed by atoms with Gasteiger partial charge in [-0.2, -0.15) is 0 Å². The predicted octanol–water partition coefficient (Wildman–Crippen LogP) is 3.62. The van der Waals surface area contributed by atoms with E-state index in [1.165, 1.54) is 16.3 Å². The highest BCUT2D eigenvalue weighted by Gasteiger charge is 2.34. The molecule has 2 heterocycles. The summed E-state index contributed by atoms with van der Waals surface area (Å²) in [6.07, 6.45) is 1.56. The summed E-state index contributed by atoms with van der Waals surface area (Å²) in [4.78, 5) is 5.65. The van der Waals surface area contributed by atoms with Crippen LogP contribution >= 0.6 is 11.3 Å². The van der Waals surface area contributed by atoms with Crippen molar-refractivity contribution in [1.82, 2.24) is 9.55 Å². The summed E-state index contributed by atoms with van der Waals surface area (Å²) >= 11 is 1.71. The Bertz CT molecular complexity index is 639. The van der Waals surface area contributed by atoms with Crippen LogP contribution in [0.2, 0.25) is 0 Å². The van der Waals surface area contributed by atoms with Gasteiger partial charge in [0.1, 0.15) is 0 Å². The fourth-order valence-electron chi connectivity index (χ4n) is 3.24. The molecule has 0 fully saturated rings. The Balaban J connectivity index is 2.03. The molecule has 4 heteroatoms. The first-order valence-corrected chi connectivity index (χ1v) is 8.01. The molecule has 0 saturated heterocycles. The van der Waals surface area contributed by atoms with Crippen LogP contribution in [0, 0.1) is 19.3 Å². The zero-order chi connectivity index (χ0) is 14.5. The van der Waals surface area contributed by atoms with Gasteiger partial charge in [0.2, 0.25) is 0 Å². The molecule has 1 N–H and O–H groups in total. The first-order valence-electron chi connectivity index (χ1n) is 7.13. The van der Waals surface area contributed by atoms with E-state index < -0.39 is 0 Å². The van der Waals surface area contributed by atoms with Crippen molar-refractivity contribution in [3.8, 4) is 0 Å². The number of aliphatic hydroxyl groups is 1. The number of aromatic nitrogens is 2. The maximum atomic E-state index is 10.4. The molecule has 2 aromatic rings. The lowest BCUT2D eigenvalue weighted by molar-refractivity contribution is 0.0981. The molecule has 1 aliphatic rings. The van der Waals surface area contributed by atoms with E-state index in [1.54, 1.807) is 11.3 Å². The molecule has 0 spiro atoms. The average Bonchev–Trinajstić information content (AvgIpc) is 2.86. The largest absolute Gasteiger partial charge is 0.388 e. The summed E-state index contributed by atoms with van der Waals surface area (Å²) in [5.41, 5.74) is 6.86. The van der Waals surface area contributed by atoms with Crippen molar-refractivity contribution in [2.24, 2.45) is 5.41 Å². The number of aliphatic hydroxyl groups excluding tert-OH is 1. The average molecular weight is 290 g/mol. The van der Waals surface area contributed by atoms with Gasteiger partial charge in [-0.25, -0.2) is 4.98 Å². The fraction of sp³-hybridized carbons (Fsp3) is 0.562. The summed E-state index contributed by atoms with van der Waals surface area (Å²) < 4.78 is 2.36. The number of hydrogen-bond donors (Lipinski definition) is 1. The molecule has 0 aromatic carbocycles. The van der Waals surface area contributed by atoms with Gasteiger partial charge in [-0.1, -0.05) is 13.8 Å². The highest BCUT2D eigenvalue weighted by molar-refractivity contribution is 7.09. The van der Waals surface area contributed by atoms with E-state index in [4.69, 9.17) is 0 Å². The molecule has 0 saturated carbocycles. The van der Waals surface area contributed by atoms with Crippen molar-refractivity contribution < 1.29 is 5.11 Å². The Labute approximate surface area is 124 Å². The smallest absolute Gasteiger partial charge is 0.0812 e. The number of rotatable bonds is 2. The molecule has 0 radical (unpaired) electrons. The number of nitrogens with zero attached hydrogens (tertiary/aromatic N) is 2. The lowest BCUT2D eigenvalue weighted by Gasteiger charge is -2.34. The highest BCUT2D eigenvalue weighted by atomic mass is 32.1. The molecule has 20 heavy (non-hydrogen) atoms. The van der Waals surface area contributed by atoms with E-state index in [2.05, 4.69) is 43.3 Å². The molecule has 1 aliphatic carbocycles. The van der Waals surface area contributed by atoms with Crippen LogP contribution in [-0.2, 0) is 13.0 Å². The van der Waals surface area contributed by atoms with Gasteiger partial charge in [-0.3, -0.25) is 0 Å². The Kier molecular flexibility index (Phi) is 3.26. The number of fused-ring (bicyclic) bond motifs is 1. The fourth-order valence-corrected chi connectivity index (χ4v) is 4.01. The SMILES string of the molecule is Cc1ncsc1Cn1c(C)cc2c1CC(C)(C)CC2O. The normalized spacial score (nSPS) is 20.9. The van der Waals surface area contributed by atoms with E-state index in [9.17, 15) is 5.11 Å². The quantitative estimate of drug-likeness (QED) is 0.917. The van der Waals surface area contributed by atoms with Crippen molar-refractivity contribution in [2.45, 2.75) is 53.2 Å². The highest BCUT2D eigenvalue weighted by Crippen LogP contribution is 2.42. The van der Waals surface area contributed by atoms with Crippen LogP contribution < -0.4 is 0 Å². The molecule has 1 atom stereocenters. The molecular formula is C16H22N2OS. The van der Waals surface area contributed by atoms with Crippen LogP contribution in [0.5, 0.6) is 0 Å². The Morgan fingerprint density at radius 2 is 2.20 bits per heavy atom. The number of thiazole rings is 1. The Hall–Kier alpha value is -1.13. The maximum Gasteiger partial charge on any atom is 0.0812 e. The van der Waals surface area contributed by atoms with Gasteiger partial charge in [0.15, 0.2) is 0 Å². The topological polar surface area (TPSA) is 38.0 Å². The molecular weight excluding hydrogens is 268 g/mol. The van der Waals surface area contributed by atoms with Crippen molar-refractivity contribution in [2.75, 3.05) is 0 Å². The third-order valence-corrected chi connectivity index (χ3v) is 5.27. The second-order valence-electron chi connectivity index (χ2n) is 6.70. The first kappa shape index (κ1) is 13.8. The molecule has 0 aliphatic heterocycles. The van der Waals surface area contributed by atoms with Gasteiger partial charge < -0.3 is 9.67 Å². The Morgan fingerprint density at radius 3 is 2.85 bits per heavy atom. The van der Waals surface area contributed by atoms with Crippen molar-refractivity contribution in [3.05, 3.63) is 39.1 Å². The third-order valence-electron chi connectivity index (χ3n) is 4.35. The monoisotopic (exact) mass is 290 g/mol. The molecule has 0 bridgehead atoms. The van der Waals surface area contributed by atoms with Crippen LogP contribution in [0.1, 0.15) is 53.9 Å². The zero-order valence-corrected chi connectivity index (χ0v) is 13.4. The molecule has 2 aromatic heterocycles. The number of aryl methyl sites for hydroxylation is 2. The van der Waals surface area contributed by atoms with Gasteiger partial charge >= 0.3 is 0 Å². The van der Waals surface area contributed by atoms with E-state index in [0.29, 0.717) is 0 Å². The first-order chi connectivity index (χ1) is 9.37. The molecule has 3 rings (SSSR count). The van der Waals surface area contributed by atoms with E-state index in [-0.39, 0.29) is 11.5 Å². The Morgan fingerprint density at radius 1 is 1.45 bits per heavy atom. The summed E-state index contributed by atoms with van der Waals surface area (Å²) in [7, 11) is 0. The van der Waals surface area contributed by atoms with Gasteiger partial charge in [-0.15, -0.1) is 11.3 Å². The van der Waals surface area contributed by atoms with Gasteiger partial charge in [-0.05, 0) is 38.2 Å². The summed E-state index contributed by atoms with van der Waals surface area (Å²) in [5.74, 6) is 0. The van der Waals surface area contributed by atoms with Crippen LogP contribution in [0.4, 0.5) is 0 Å². The maximum absolute atomic E-state index is 10.4. The minimum atomic E-state index is -0.323. The van der Waals surface area contributed by atoms with Gasteiger partial charge in [0.25, 0.3) is 0 Å². The molecule has 3 nitrogen and oxygen atoms in total. The van der Waals surface area contributed by atoms with E-state index >= 15 is 0 Å². The molecule has 108 valence electrons. The van der Waals surface area contributed by atoms with Crippen molar-refractivity contribution in [1.29, 1.82) is 0 Å². The summed E-state index contributed by atoms with van der Waals surface area (Å²) in [6.45, 7) is 9.55. The lowest BCUT2D eigenvalue weighted by atomic mass is 9.75. The number of hydrogen-bond acceptors (Lipinski definition) is 3. The van der Waals surface area contributed by atoms with Crippen LogP contribution in [0.25, 0.3) is 0 Å². The van der Waals surface area contributed by atoms with Gasteiger partial charge in [0.05, 0.1) is 23.9 Å². The predicted molar refractivity (Wildman–Crippen MR) is 82.2 cm³/mol. The standard InChI is InChI=1S/C16H22N2OS/c1-10-5-12-13(6-16(3,4)7-14(12)19)18(10)8-15-11(2)17-9-20-15/h5,9,14,19H,6-8H2,1-4H3. The minimum Gasteiger partial charge on any atom is -0.388 e. The van der Waals surface area contributed by atoms with Crippen LogP contribution in [0.15, 0.2) is 11.6 Å². The van der Waals surface area contributed by atoms with Crippen molar-refractivity contribution >= 4 is 11.3 Å². The third kappa shape index (κ3) is 2.31. The summed E-state index contributed by atoms with van der Waals surface area (Å²) in [6, 6.07) is 2.16. The van der Waals surface area contributed by atoms with Gasteiger partial charge in [0, 0.05) is 21.8 Å². The van der Waals surface area contributed by atoms with E-state index in [0.717, 1.165) is 30.6 Å². The second kappa shape index (κ2) is 4.71. The molecule has 0 amide bonds. The lowest BCUT2D eigenvalue weighted by Crippen LogP contribution is -2.27. The summed E-state index contributed by atoms with van der Waals surface area (Å²) in [5, 5.41) is 10.4. The van der Waals surface area contributed by atoms with E-state index in [1.807, 2.05) is 5.51 Å². The zero-order valence-electron chi connectivity index (χ0n) is 12.6. The minimum absolute atomic E-state index is 0.164. The second-order valence-corrected chi connectivity index (χ2v) is 7.64.